The molecule has 13 heteroatoms. The maximum Gasteiger partial charge on any atom is 0.352 e. The third-order valence-electron chi connectivity index (χ3n) is 4.32. The van der Waals surface area contributed by atoms with Crippen molar-refractivity contribution in [1.29, 1.82) is 0 Å². The number of fused-ring (bicyclic) bond motifs is 1. The maximum atomic E-state index is 12.5. The van der Waals surface area contributed by atoms with Crippen molar-refractivity contribution in [3.05, 3.63) is 35.5 Å². The highest BCUT2D eigenvalue weighted by Gasteiger charge is 2.53. The molecule has 29 heavy (non-hydrogen) atoms. The number of aromatic hydroxyl groups is 1. The lowest BCUT2D eigenvalue weighted by molar-refractivity contribution is -0.150. The SMILES string of the molecule is CS(=O)(=O)Nc1cc(C(N)C(=O)N[C@@H]2C(=O)N3C(C(=O)O)=CCS[C@H]23)ccc1O. The van der Waals surface area contributed by atoms with Gasteiger partial charge in [0.15, 0.2) is 0 Å². The summed E-state index contributed by atoms with van der Waals surface area (Å²) < 4.78 is 24.9. The second-order valence-electron chi connectivity index (χ2n) is 6.44. The number of amides is 2. The van der Waals surface area contributed by atoms with Gasteiger partial charge in [0.1, 0.15) is 28.9 Å². The van der Waals surface area contributed by atoms with Gasteiger partial charge in [-0.3, -0.25) is 19.2 Å². The van der Waals surface area contributed by atoms with E-state index in [1.807, 2.05) is 0 Å². The Hall–Kier alpha value is -2.77. The molecule has 6 N–H and O–H groups in total. The number of aliphatic carboxylic acids is 1. The number of carboxylic acid groups (broad SMARTS) is 1. The van der Waals surface area contributed by atoms with Gasteiger partial charge >= 0.3 is 5.97 Å². The van der Waals surface area contributed by atoms with Crippen molar-refractivity contribution in [3.8, 4) is 5.75 Å². The standard InChI is InChI=1S/C16H18N4O7S2/c1-29(26,27)19-8-6-7(2-3-10(8)21)11(17)13(22)18-12-14(23)20-9(16(24)25)4-5-28-15(12)20/h2-4,6,11-12,15,19,21H,5,17H2,1H3,(H,18,22)(H,24,25)/t11?,12-,15-/m1/s1. The Morgan fingerprint density at radius 3 is 2.69 bits per heavy atom. The van der Waals surface area contributed by atoms with Crippen LogP contribution in [0.3, 0.4) is 0 Å². The summed E-state index contributed by atoms with van der Waals surface area (Å²) in [5, 5.41) is 20.9. The fourth-order valence-electron chi connectivity index (χ4n) is 2.96. The van der Waals surface area contributed by atoms with E-state index >= 15 is 0 Å². The van der Waals surface area contributed by atoms with Crippen molar-refractivity contribution in [3.63, 3.8) is 0 Å². The van der Waals surface area contributed by atoms with Gasteiger partial charge in [0, 0.05) is 5.75 Å². The number of nitrogens with two attached hydrogens (primary N) is 1. The first-order chi connectivity index (χ1) is 13.5. The first kappa shape index (κ1) is 21.0. The van der Waals surface area contributed by atoms with Crippen molar-refractivity contribution in [2.75, 3.05) is 16.7 Å². The van der Waals surface area contributed by atoms with Crippen LogP contribution in [0.5, 0.6) is 5.75 Å². The van der Waals surface area contributed by atoms with E-state index in [9.17, 15) is 27.9 Å². The highest BCUT2D eigenvalue weighted by molar-refractivity contribution is 8.00. The van der Waals surface area contributed by atoms with Crippen LogP contribution in [0, 0.1) is 0 Å². The molecule has 0 spiro atoms. The van der Waals surface area contributed by atoms with Crippen molar-refractivity contribution in [2.24, 2.45) is 5.73 Å². The number of nitrogens with zero attached hydrogens (tertiary/aromatic N) is 1. The molecule has 156 valence electrons. The van der Waals surface area contributed by atoms with Crippen LogP contribution in [-0.4, -0.2) is 64.7 Å². The summed E-state index contributed by atoms with van der Waals surface area (Å²) in [7, 11) is -3.67. The Kier molecular flexibility index (Phi) is 5.47. The minimum atomic E-state index is -3.67. The number of phenols is 1. The lowest BCUT2D eigenvalue weighted by Gasteiger charge is -2.48. The molecule has 3 rings (SSSR count). The Bertz CT molecular complexity index is 1020. The number of carbonyl (C=O) groups excluding carboxylic acids is 2. The minimum Gasteiger partial charge on any atom is -0.506 e. The number of anilines is 1. The summed E-state index contributed by atoms with van der Waals surface area (Å²) in [6, 6.07) is 1.58. The second-order valence-corrected chi connectivity index (χ2v) is 9.34. The lowest BCUT2D eigenvalue weighted by atomic mass is 10.0. The molecule has 1 aromatic rings. The van der Waals surface area contributed by atoms with Crippen LogP contribution in [0.4, 0.5) is 5.69 Å². The average molecular weight is 442 g/mol. The molecule has 1 unspecified atom stereocenters. The summed E-state index contributed by atoms with van der Waals surface area (Å²) in [6.07, 6.45) is 2.33. The molecule has 0 saturated carbocycles. The monoisotopic (exact) mass is 442 g/mol. The number of sulfonamides is 1. The Morgan fingerprint density at radius 1 is 1.38 bits per heavy atom. The molecule has 1 saturated heterocycles. The van der Waals surface area contributed by atoms with Gasteiger partial charge in [-0.05, 0) is 23.8 Å². The number of carbonyl (C=O) groups is 3. The molecular weight excluding hydrogens is 424 g/mol. The first-order valence-electron chi connectivity index (χ1n) is 8.24. The molecule has 0 aliphatic carbocycles. The molecule has 3 atom stereocenters. The van der Waals surface area contributed by atoms with E-state index in [0.29, 0.717) is 5.75 Å². The number of carboxylic acids is 1. The van der Waals surface area contributed by atoms with E-state index in [1.54, 1.807) is 0 Å². The highest BCUT2D eigenvalue weighted by Crippen LogP contribution is 2.37. The van der Waals surface area contributed by atoms with Gasteiger partial charge in [-0.1, -0.05) is 6.07 Å². The van der Waals surface area contributed by atoms with Gasteiger partial charge in [0.2, 0.25) is 15.9 Å². The number of β-lactam (4-membered cyclic amide) rings is 1. The predicted molar refractivity (Wildman–Crippen MR) is 104 cm³/mol. The number of benzene rings is 1. The molecule has 2 aliphatic heterocycles. The summed E-state index contributed by atoms with van der Waals surface area (Å²) in [6.45, 7) is 0. The molecule has 2 aliphatic rings. The van der Waals surface area contributed by atoms with Crippen LogP contribution in [0.25, 0.3) is 0 Å². The number of phenolic OH excluding ortho intramolecular Hbond substituents is 1. The fraction of sp³-hybridized carbons (Fsp3) is 0.312. The third-order valence-corrected chi connectivity index (χ3v) is 6.10. The lowest BCUT2D eigenvalue weighted by Crippen LogP contribution is -2.70. The highest BCUT2D eigenvalue weighted by atomic mass is 32.2. The summed E-state index contributed by atoms with van der Waals surface area (Å²) in [5.41, 5.74) is 5.87. The third kappa shape index (κ3) is 4.16. The normalized spacial score (nSPS) is 22.1. The van der Waals surface area contributed by atoms with Crippen LogP contribution < -0.4 is 15.8 Å². The van der Waals surface area contributed by atoms with Crippen LogP contribution in [-0.2, 0) is 24.4 Å². The number of nitrogens with one attached hydrogen (secondary N) is 2. The van der Waals surface area contributed by atoms with E-state index in [1.165, 1.54) is 36.0 Å². The van der Waals surface area contributed by atoms with Crippen LogP contribution >= 0.6 is 11.8 Å². The zero-order valence-corrected chi connectivity index (χ0v) is 16.7. The smallest absolute Gasteiger partial charge is 0.352 e. The molecule has 1 fully saturated rings. The molecule has 2 amide bonds. The maximum absolute atomic E-state index is 12.5. The zero-order chi connectivity index (χ0) is 21.5. The van der Waals surface area contributed by atoms with Gasteiger partial charge in [0.25, 0.3) is 5.91 Å². The first-order valence-corrected chi connectivity index (χ1v) is 11.2. The Labute approximate surface area is 170 Å². The quantitative estimate of drug-likeness (QED) is 0.276. The number of hydrogen-bond acceptors (Lipinski definition) is 8. The zero-order valence-electron chi connectivity index (χ0n) is 15.0. The number of thioether (sulfide) groups is 1. The van der Waals surface area contributed by atoms with E-state index in [-0.39, 0.29) is 22.7 Å². The molecule has 11 nitrogen and oxygen atoms in total. The van der Waals surface area contributed by atoms with Crippen LogP contribution in [0.2, 0.25) is 0 Å². The summed E-state index contributed by atoms with van der Waals surface area (Å²) in [4.78, 5) is 37.2. The van der Waals surface area contributed by atoms with Crippen molar-refractivity contribution in [2.45, 2.75) is 17.5 Å². The minimum absolute atomic E-state index is 0.122. The van der Waals surface area contributed by atoms with E-state index in [2.05, 4.69) is 10.0 Å². The molecule has 0 radical (unpaired) electrons. The molecule has 2 heterocycles. The Morgan fingerprint density at radius 2 is 2.07 bits per heavy atom. The summed E-state index contributed by atoms with van der Waals surface area (Å²) >= 11 is 1.31. The largest absolute Gasteiger partial charge is 0.506 e. The number of hydrogen-bond donors (Lipinski definition) is 5. The van der Waals surface area contributed by atoms with E-state index < -0.39 is 45.3 Å². The fourth-order valence-corrected chi connectivity index (χ4v) is 4.72. The average Bonchev–Trinajstić information content (AvgIpc) is 2.65. The van der Waals surface area contributed by atoms with Crippen molar-refractivity contribution >= 4 is 45.3 Å². The van der Waals surface area contributed by atoms with Crippen LogP contribution in [0.15, 0.2) is 30.0 Å². The molecule has 0 bridgehead atoms. The summed E-state index contributed by atoms with van der Waals surface area (Å²) in [5.74, 6) is -2.44. The van der Waals surface area contributed by atoms with Gasteiger partial charge in [-0.15, -0.1) is 11.8 Å². The van der Waals surface area contributed by atoms with Crippen molar-refractivity contribution < 1.29 is 33.0 Å². The van der Waals surface area contributed by atoms with Gasteiger partial charge in [-0.2, -0.15) is 0 Å². The molecule has 0 aromatic heterocycles. The van der Waals surface area contributed by atoms with Gasteiger partial charge in [-0.25, -0.2) is 13.2 Å². The van der Waals surface area contributed by atoms with E-state index in [4.69, 9.17) is 10.8 Å². The van der Waals surface area contributed by atoms with Gasteiger partial charge in [0.05, 0.1) is 11.9 Å². The molecular formula is C16H18N4O7S2. The van der Waals surface area contributed by atoms with Crippen molar-refractivity contribution in [1.82, 2.24) is 10.2 Å². The Balaban J connectivity index is 1.72. The van der Waals surface area contributed by atoms with Gasteiger partial charge < -0.3 is 21.3 Å². The second kappa shape index (κ2) is 7.57. The molecule has 1 aromatic carbocycles. The topological polar surface area (TPSA) is 179 Å². The van der Waals surface area contributed by atoms with Crippen LogP contribution in [0.1, 0.15) is 11.6 Å². The number of rotatable bonds is 6. The predicted octanol–water partition coefficient (Wildman–Crippen LogP) is -0.868. The van der Waals surface area contributed by atoms with E-state index in [0.717, 1.165) is 11.2 Å².